The van der Waals surface area contributed by atoms with Crippen molar-refractivity contribution in [1.29, 1.82) is 0 Å². The summed E-state index contributed by atoms with van der Waals surface area (Å²) >= 11 is 0. The highest BCUT2D eigenvalue weighted by Gasteiger charge is 2.35. The van der Waals surface area contributed by atoms with Gasteiger partial charge in [-0.1, -0.05) is 0 Å². The van der Waals surface area contributed by atoms with E-state index in [2.05, 4.69) is 10.1 Å². The van der Waals surface area contributed by atoms with Gasteiger partial charge in [-0.15, -0.1) is 0 Å². The number of nitrogens with one attached hydrogen (secondary N) is 1. The zero-order valence-corrected chi connectivity index (χ0v) is 12.7. The molecule has 1 aliphatic rings. The van der Waals surface area contributed by atoms with Crippen LogP contribution in [0.25, 0.3) is 0 Å². The molecule has 0 unspecified atom stereocenters. The Bertz CT molecular complexity index is 729. The molecule has 0 bridgehead atoms. The number of β-amino-alcohol motifs (C(OH)–C–C–N with tert-alkyl or cyclic N) is 1. The maximum atomic E-state index is 12.3. The molecule has 1 aliphatic heterocycles. The van der Waals surface area contributed by atoms with E-state index in [1.54, 1.807) is 0 Å². The van der Waals surface area contributed by atoms with Crippen molar-refractivity contribution in [2.24, 2.45) is 0 Å². The second kappa shape index (κ2) is 6.96. The predicted octanol–water partition coefficient (Wildman–Crippen LogP) is -0.0261. The Balaban J connectivity index is 2.43. The fraction of sp³-hybridized carbons (Fsp3) is 0.286. The number of phenols is 1. The van der Waals surface area contributed by atoms with E-state index >= 15 is 0 Å². The van der Waals surface area contributed by atoms with E-state index in [1.807, 2.05) is 0 Å². The number of carbonyl (C=O) groups excluding carboxylic acids is 2. The van der Waals surface area contributed by atoms with Crippen LogP contribution in [0.3, 0.4) is 0 Å². The first-order valence-electron chi connectivity index (χ1n) is 6.85. The number of hydrogen-bond donors (Lipinski definition) is 3. The molecule has 2 rings (SSSR count). The Morgan fingerprint density at radius 1 is 1.50 bits per heavy atom. The summed E-state index contributed by atoms with van der Waals surface area (Å²) in [4.78, 5) is 35.8. The average molecular weight is 337 g/mol. The molecule has 1 heterocycles. The maximum absolute atomic E-state index is 12.3. The number of amides is 1. The fourth-order valence-electron chi connectivity index (χ4n) is 2.26. The number of aromatic hydroxyl groups is 1. The van der Waals surface area contributed by atoms with Gasteiger partial charge in [0, 0.05) is 6.54 Å². The summed E-state index contributed by atoms with van der Waals surface area (Å²) in [6.07, 6.45) is 0. The van der Waals surface area contributed by atoms with Gasteiger partial charge in [-0.25, -0.2) is 4.79 Å². The second-order valence-electron chi connectivity index (χ2n) is 4.88. The van der Waals surface area contributed by atoms with Gasteiger partial charge in [0.25, 0.3) is 11.6 Å². The normalized spacial score (nSPS) is 14.1. The molecule has 1 amide bonds. The van der Waals surface area contributed by atoms with Crippen molar-refractivity contribution in [2.45, 2.75) is 0 Å². The molecule has 0 fully saturated rings. The molecule has 10 nitrogen and oxygen atoms in total. The second-order valence-corrected chi connectivity index (χ2v) is 4.88. The van der Waals surface area contributed by atoms with Crippen LogP contribution < -0.4 is 5.32 Å². The molecule has 0 radical (unpaired) electrons. The number of esters is 1. The van der Waals surface area contributed by atoms with Crippen LogP contribution in [0.15, 0.2) is 29.5 Å². The third-order valence-corrected chi connectivity index (χ3v) is 3.39. The van der Waals surface area contributed by atoms with Crippen LogP contribution in [-0.2, 0) is 14.3 Å². The van der Waals surface area contributed by atoms with E-state index in [4.69, 9.17) is 5.11 Å². The number of ether oxygens (including phenoxy) is 1. The lowest BCUT2D eigenvalue weighted by Crippen LogP contribution is -2.31. The number of rotatable bonds is 6. The van der Waals surface area contributed by atoms with Crippen molar-refractivity contribution in [2.75, 3.05) is 32.1 Å². The lowest BCUT2D eigenvalue weighted by atomic mass is 10.2. The number of methoxy groups -OCH3 is 1. The quantitative estimate of drug-likeness (QED) is 0.284. The van der Waals surface area contributed by atoms with Gasteiger partial charge in [0.05, 0.1) is 36.8 Å². The fourth-order valence-corrected chi connectivity index (χ4v) is 2.26. The lowest BCUT2D eigenvalue weighted by Gasteiger charge is -2.15. The number of nitro groups is 1. The Labute approximate surface area is 136 Å². The number of aliphatic hydroxyl groups excluding tert-OH is 1. The van der Waals surface area contributed by atoms with E-state index in [9.17, 15) is 24.8 Å². The predicted molar refractivity (Wildman–Crippen MR) is 81.1 cm³/mol. The van der Waals surface area contributed by atoms with Gasteiger partial charge in [-0.2, -0.15) is 0 Å². The number of carbonyl (C=O) groups is 2. The van der Waals surface area contributed by atoms with Crippen molar-refractivity contribution < 1.29 is 29.5 Å². The first-order valence-corrected chi connectivity index (χ1v) is 6.85. The Hall–Kier alpha value is -3.14. The van der Waals surface area contributed by atoms with Crippen LogP contribution in [0, 0.1) is 10.1 Å². The van der Waals surface area contributed by atoms with Crippen LogP contribution in [0.5, 0.6) is 5.75 Å². The number of nitro benzene ring substituents is 1. The van der Waals surface area contributed by atoms with E-state index in [1.165, 1.54) is 17.0 Å². The molecule has 3 N–H and O–H groups in total. The first-order chi connectivity index (χ1) is 11.4. The number of hydrogen-bond acceptors (Lipinski definition) is 8. The van der Waals surface area contributed by atoms with Gasteiger partial charge >= 0.3 is 5.97 Å². The van der Waals surface area contributed by atoms with Crippen LogP contribution in [0.2, 0.25) is 0 Å². The molecule has 0 aromatic heterocycles. The highest BCUT2D eigenvalue weighted by atomic mass is 16.6. The molecule has 1 aromatic rings. The zero-order valence-electron chi connectivity index (χ0n) is 12.7. The highest BCUT2D eigenvalue weighted by Crippen LogP contribution is 2.31. The number of aliphatic hydroxyl groups is 1. The third-order valence-electron chi connectivity index (χ3n) is 3.39. The Morgan fingerprint density at radius 3 is 2.79 bits per heavy atom. The zero-order chi connectivity index (χ0) is 17.9. The lowest BCUT2D eigenvalue weighted by molar-refractivity contribution is -0.384. The standard InChI is InChI=1S/C14H15N3O7/c1-24-14(21)9-7-16(4-5-18)13(20)12(9)15-10-3-2-8(19)6-11(10)17(22)23/h2-3,6,15,18-19H,4-5,7H2,1H3. The summed E-state index contributed by atoms with van der Waals surface area (Å²) in [6, 6.07) is 3.35. The molecule has 0 spiro atoms. The number of anilines is 1. The average Bonchev–Trinajstić information content (AvgIpc) is 2.85. The van der Waals surface area contributed by atoms with Gasteiger partial charge < -0.3 is 25.2 Å². The van der Waals surface area contributed by atoms with Gasteiger partial charge in [0.15, 0.2) is 0 Å². The van der Waals surface area contributed by atoms with Crippen LogP contribution >= 0.6 is 0 Å². The summed E-state index contributed by atoms with van der Waals surface area (Å²) in [5.41, 5.74) is -0.684. The SMILES string of the molecule is COC(=O)C1=C(Nc2ccc(O)cc2[N+](=O)[O-])C(=O)N(CCO)C1. The minimum atomic E-state index is -0.757. The number of phenolic OH excluding ortho intramolecular Hbond substituents is 1. The number of benzene rings is 1. The molecule has 24 heavy (non-hydrogen) atoms. The minimum Gasteiger partial charge on any atom is -0.508 e. The van der Waals surface area contributed by atoms with Crippen LogP contribution in [0.1, 0.15) is 0 Å². The number of nitrogens with zero attached hydrogens (tertiary/aromatic N) is 2. The topological polar surface area (TPSA) is 142 Å². The molecule has 0 atom stereocenters. The van der Waals surface area contributed by atoms with Crippen LogP contribution in [-0.4, -0.2) is 58.7 Å². The molecular formula is C14H15N3O7. The van der Waals surface area contributed by atoms with Crippen molar-refractivity contribution in [3.8, 4) is 5.75 Å². The van der Waals surface area contributed by atoms with E-state index in [0.29, 0.717) is 0 Å². The van der Waals surface area contributed by atoms with Crippen LogP contribution in [0.4, 0.5) is 11.4 Å². The Morgan fingerprint density at radius 2 is 2.21 bits per heavy atom. The van der Waals surface area contributed by atoms with Crippen molar-refractivity contribution in [3.63, 3.8) is 0 Å². The summed E-state index contributed by atoms with van der Waals surface area (Å²) in [5.74, 6) is -1.66. The van der Waals surface area contributed by atoms with Crippen molar-refractivity contribution >= 4 is 23.3 Å². The molecule has 10 heteroatoms. The van der Waals surface area contributed by atoms with Gasteiger partial charge in [-0.3, -0.25) is 14.9 Å². The Kier molecular flexibility index (Phi) is 4.99. The molecule has 0 aliphatic carbocycles. The minimum absolute atomic E-state index is 0.00155. The van der Waals surface area contributed by atoms with Crippen molar-refractivity contribution in [3.05, 3.63) is 39.6 Å². The van der Waals surface area contributed by atoms with E-state index < -0.39 is 22.5 Å². The molecule has 128 valence electrons. The molecule has 0 saturated carbocycles. The van der Waals surface area contributed by atoms with Gasteiger partial charge in [-0.05, 0) is 12.1 Å². The highest BCUT2D eigenvalue weighted by molar-refractivity contribution is 6.08. The van der Waals surface area contributed by atoms with E-state index in [-0.39, 0.29) is 42.4 Å². The third kappa shape index (κ3) is 3.27. The molecule has 0 saturated heterocycles. The largest absolute Gasteiger partial charge is 0.508 e. The van der Waals surface area contributed by atoms with E-state index in [0.717, 1.165) is 13.2 Å². The summed E-state index contributed by atoms with van der Waals surface area (Å²) in [5, 5.41) is 32.0. The first kappa shape index (κ1) is 17.2. The summed E-state index contributed by atoms with van der Waals surface area (Å²) < 4.78 is 4.62. The summed E-state index contributed by atoms with van der Waals surface area (Å²) in [6.45, 7) is -0.380. The van der Waals surface area contributed by atoms with Gasteiger partial charge in [0.1, 0.15) is 17.1 Å². The van der Waals surface area contributed by atoms with Crippen molar-refractivity contribution in [1.82, 2.24) is 4.90 Å². The molecular weight excluding hydrogens is 322 g/mol. The smallest absolute Gasteiger partial charge is 0.337 e. The monoisotopic (exact) mass is 337 g/mol. The maximum Gasteiger partial charge on any atom is 0.337 e. The molecule has 1 aromatic carbocycles. The van der Waals surface area contributed by atoms with Gasteiger partial charge in [0.2, 0.25) is 0 Å². The summed E-state index contributed by atoms with van der Waals surface area (Å²) in [7, 11) is 1.15.